The number of nitrogens with one attached hydrogen (secondary N) is 1. The Balaban J connectivity index is 2.94. The molecule has 1 N–H and O–H groups in total. The van der Waals surface area contributed by atoms with E-state index in [-0.39, 0.29) is 0 Å². The normalized spacial score (nSPS) is 10.9. The van der Waals surface area contributed by atoms with Crippen molar-refractivity contribution in [3.63, 3.8) is 0 Å². The summed E-state index contributed by atoms with van der Waals surface area (Å²) in [7, 11) is 0. The Morgan fingerprint density at radius 1 is 1.58 bits per heavy atom. The highest BCUT2D eigenvalue weighted by molar-refractivity contribution is 9.10. The standard InChI is InChI=1S/C7H5BrClN3/c1-3-5(8)6(9)7-4(11-3)2-10-12-7/h2H,1H3,(H,10,12). The van der Waals surface area contributed by atoms with Crippen molar-refractivity contribution in [2.75, 3.05) is 0 Å². The van der Waals surface area contributed by atoms with Crippen LogP contribution in [0.5, 0.6) is 0 Å². The van der Waals surface area contributed by atoms with Crippen LogP contribution < -0.4 is 0 Å². The van der Waals surface area contributed by atoms with E-state index in [2.05, 4.69) is 31.1 Å². The van der Waals surface area contributed by atoms with Gasteiger partial charge in [0.15, 0.2) is 0 Å². The number of fused-ring (bicyclic) bond motifs is 1. The summed E-state index contributed by atoms with van der Waals surface area (Å²) in [5, 5.41) is 7.27. The van der Waals surface area contributed by atoms with Crippen molar-refractivity contribution in [1.82, 2.24) is 15.2 Å². The highest BCUT2D eigenvalue weighted by atomic mass is 79.9. The minimum Gasteiger partial charge on any atom is -0.275 e. The van der Waals surface area contributed by atoms with Crippen LogP contribution in [0, 0.1) is 6.92 Å². The zero-order valence-electron chi connectivity index (χ0n) is 6.23. The second-order valence-corrected chi connectivity index (χ2v) is 3.63. The van der Waals surface area contributed by atoms with Gasteiger partial charge in [0, 0.05) is 0 Å². The molecule has 2 aromatic heterocycles. The fraction of sp³-hybridized carbons (Fsp3) is 0.143. The van der Waals surface area contributed by atoms with Gasteiger partial charge in [-0.05, 0) is 22.9 Å². The van der Waals surface area contributed by atoms with Crippen LogP contribution in [0.2, 0.25) is 5.02 Å². The molecule has 0 saturated heterocycles. The molecule has 0 unspecified atom stereocenters. The molecule has 0 radical (unpaired) electrons. The minimum atomic E-state index is 0.634. The summed E-state index contributed by atoms with van der Waals surface area (Å²) in [5.74, 6) is 0. The number of aromatic amines is 1. The summed E-state index contributed by atoms with van der Waals surface area (Å²) in [6.45, 7) is 1.89. The van der Waals surface area contributed by atoms with Crippen LogP contribution in [-0.4, -0.2) is 15.2 Å². The Morgan fingerprint density at radius 3 is 3.08 bits per heavy atom. The Labute approximate surface area is 82.3 Å². The van der Waals surface area contributed by atoms with E-state index in [4.69, 9.17) is 11.6 Å². The molecule has 2 heterocycles. The van der Waals surface area contributed by atoms with Gasteiger partial charge in [-0.3, -0.25) is 5.10 Å². The smallest absolute Gasteiger partial charge is 0.110 e. The SMILES string of the molecule is Cc1nc2cn[nH]c2c(Cl)c1Br. The second-order valence-electron chi connectivity index (χ2n) is 2.46. The van der Waals surface area contributed by atoms with Crippen LogP contribution in [-0.2, 0) is 0 Å². The van der Waals surface area contributed by atoms with Crippen molar-refractivity contribution < 1.29 is 0 Å². The predicted octanol–water partition coefficient (Wildman–Crippen LogP) is 2.68. The fourth-order valence-electron chi connectivity index (χ4n) is 1.02. The Hall–Kier alpha value is -0.610. The van der Waals surface area contributed by atoms with Gasteiger partial charge in [0.05, 0.1) is 21.4 Å². The van der Waals surface area contributed by atoms with Crippen LogP contribution in [0.15, 0.2) is 10.7 Å². The lowest BCUT2D eigenvalue weighted by atomic mass is 10.3. The maximum atomic E-state index is 6.01. The molecule has 62 valence electrons. The molecule has 5 heteroatoms. The molecule has 0 amide bonds. The lowest BCUT2D eigenvalue weighted by Gasteiger charge is -1.99. The summed E-state index contributed by atoms with van der Waals surface area (Å²) in [6, 6.07) is 0. The third-order valence-corrected chi connectivity index (χ3v) is 3.21. The van der Waals surface area contributed by atoms with Crippen LogP contribution in [0.25, 0.3) is 11.0 Å². The first-order chi connectivity index (χ1) is 5.70. The molecule has 2 rings (SSSR count). The number of pyridine rings is 1. The fourth-order valence-corrected chi connectivity index (χ4v) is 1.59. The van der Waals surface area contributed by atoms with Gasteiger partial charge in [0.25, 0.3) is 0 Å². The molecule has 0 aliphatic carbocycles. The number of H-pyrrole nitrogens is 1. The van der Waals surface area contributed by atoms with Gasteiger partial charge in [0.2, 0.25) is 0 Å². The zero-order valence-corrected chi connectivity index (χ0v) is 8.57. The van der Waals surface area contributed by atoms with E-state index in [9.17, 15) is 0 Å². The molecule has 0 fully saturated rings. The van der Waals surface area contributed by atoms with Gasteiger partial charge < -0.3 is 0 Å². The lowest BCUT2D eigenvalue weighted by molar-refractivity contribution is 1.12. The van der Waals surface area contributed by atoms with E-state index in [1.807, 2.05) is 6.92 Å². The van der Waals surface area contributed by atoms with E-state index in [1.165, 1.54) is 0 Å². The lowest BCUT2D eigenvalue weighted by Crippen LogP contribution is -1.85. The topological polar surface area (TPSA) is 41.6 Å². The molecule has 12 heavy (non-hydrogen) atoms. The number of aryl methyl sites for hydroxylation is 1. The monoisotopic (exact) mass is 245 g/mol. The van der Waals surface area contributed by atoms with Crippen molar-refractivity contribution in [2.45, 2.75) is 6.92 Å². The molecule has 2 aromatic rings. The number of aromatic nitrogens is 3. The molecular weight excluding hydrogens is 241 g/mol. The van der Waals surface area contributed by atoms with Crippen molar-refractivity contribution in [2.24, 2.45) is 0 Å². The highest BCUT2D eigenvalue weighted by Crippen LogP contribution is 2.30. The van der Waals surface area contributed by atoms with Crippen LogP contribution in [0.4, 0.5) is 0 Å². The Morgan fingerprint density at radius 2 is 2.33 bits per heavy atom. The third kappa shape index (κ3) is 1.03. The summed E-state index contributed by atoms with van der Waals surface area (Å²) >= 11 is 9.36. The molecule has 0 spiro atoms. The van der Waals surface area contributed by atoms with Gasteiger partial charge in [0.1, 0.15) is 11.0 Å². The number of hydrogen-bond acceptors (Lipinski definition) is 2. The van der Waals surface area contributed by atoms with E-state index >= 15 is 0 Å². The molecular formula is C7H5BrClN3. The average Bonchev–Trinajstić information content (AvgIpc) is 2.48. The van der Waals surface area contributed by atoms with Gasteiger partial charge in [-0.15, -0.1) is 0 Å². The highest BCUT2D eigenvalue weighted by Gasteiger charge is 2.09. The summed E-state index contributed by atoms with van der Waals surface area (Å²) in [5.41, 5.74) is 2.43. The second kappa shape index (κ2) is 2.71. The summed E-state index contributed by atoms with van der Waals surface area (Å²) < 4.78 is 0.820. The van der Waals surface area contributed by atoms with Crippen LogP contribution in [0.3, 0.4) is 0 Å². The molecule has 0 saturated carbocycles. The molecule has 0 aromatic carbocycles. The van der Waals surface area contributed by atoms with E-state index in [1.54, 1.807) is 6.20 Å². The molecule has 0 aliphatic rings. The first-order valence-corrected chi connectivity index (χ1v) is 4.52. The first kappa shape index (κ1) is 8.01. The van der Waals surface area contributed by atoms with Gasteiger partial charge >= 0.3 is 0 Å². The van der Waals surface area contributed by atoms with E-state index in [0.717, 1.165) is 21.2 Å². The van der Waals surface area contributed by atoms with Crippen LogP contribution in [0.1, 0.15) is 5.69 Å². The molecule has 0 bridgehead atoms. The minimum absolute atomic E-state index is 0.634. The maximum absolute atomic E-state index is 6.01. The Bertz CT molecular complexity index is 437. The van der Waals surface area contributed by atoms with Gasteiger partial charge in [-0.1, -0.05) is 11.6 Å². The van der Waals surface area contributed by atoms with Gasteiger partial charge in [-0.2, -0.15) is 5.10 Å². The largest absolute Gasteiger partial charge is 0.275 e. The van der Waals surface area contributed by atoms with Crippen molar-refractivity contribution in [1.29, 1.82) is 0 Å². The maximum Gasteiger partial charge on any atom is 0.110 e. The molecule has 0 atom stereocenters. The molecule has 0 aliphatic heterocycles. The van der Waals surface area contributed by atoms with E-state index < -0.39 is 0 Å². The number of hydrogen-bond donors (Lipinski definition) is 1. The molecule has 3 nitrogen and oxygen atoms in total. The number of rotatable bonds is 0. The number of nitrogens with zero attached hydrogens (tertiary/aromatic N) is 2. The van der Waals surface area contributed by atoms with Crippen molar-refractivity contribution in [3.05, 3.63) is 21.4 Å². The third-order valence-electron chi connectivity index (χ3n) is 1.64. The zero-order chi connectivity index (χ0) is 8.72. The van der Waals surface area contributed by atoms with E-state index in [0.29, 0.717) is 5.02 Å². The number of halogens is 2. The predicted molar refractivity (Wildman–Crippen MR) is 51.3 cm³/mol. The quantitative estimate of drug-likeness (QED) is 0.776. The summed E-state index contributed by atoms with van der Waals surface area (Å²) in [6.07, 6.45) is 1.65. The average molecular weight is 246 g/mol. The van der Waals surface area contributed by atoms with Gasteiger partial charge in [-0.25, -0.2) is 4.98 Å². The Kier molecular flexibility index (Phi) is 1.81. The van der Waals surface area contributed by atoms with Crippen molar-refractivity contribution >= 4 is 38.6 Å². The first-order valence-electron chi connectivity index (χ1n) is 3.35. The van der Waals surface area contributed by atoms with Crippen molar-refractivity contribution in [3.8, 4) is 0 Å². The summed E-state index contributed by atoms with van der Waals surface area (Å²) in [4.78, 5) is 4.27. The van der Waals surface area contributed by atoms with Crippen LogP contribution >= 0.6 is 27.5 Å².